The SMILES string of the molecule is CC(C)COc1cccc(CNC(=O)C2CC(O)CN2)c1. The number of nitrogens with one attached hydrogen (secondary N) is 2. The Morgan fingerprint density at radius 1 is 1.52 bits per heavy atom. The number of carbonyl (C=O) groups excluding carboxylic acids is 1. The first-order valence-corrected chi connectivity index (χ1v) is 7.45. The molecule has 2 atom stereocenters. The maximum Gasteiger partial charge on any atom is 0.237 e. The normalized spacial score (nSPS) is 21.5. The van der Waals surface area contributed by atoms with Crippen LogP contribution in [0.4, 0.5) is 0 Å². The summed E-state index contributed by atoms with van der Waals surface area (Å²) in [6, 6.07) is 7.46. The molecule has 5 nitrogen and oxygen atoms in total. The molecule has 0 radical (unpaired) electrons. The lowest BCUT2D eigenvalue weighted by Crippen LogP contribution is -2.39. The first-order valence-electron chi connectivity index (χ1n) is 7.45. The third kappa shape index (κ3) is 5.02. The molecule has 1 aliphatic heterocycles. The molecule has 0 aliphatic carbocycles. The molecule has 2 rings (SSSR count). The Kier molecular flexibility index (Phi) is 5.59. The second kappa shape index (κ2) is 7.43. The van der Waals surface area contributed by atoms with E-state index in [1.54, 1.807) is 0 Å². The second-order valence-electron chi connectivity index (χ2n) is 5.92. The molecule has 0 aromatic heterocycles. The van der Waals surface area contributed by atoms with Gasteiger partial charge in [-0.25, -0.2) is 0 Å². The highest BCUT2D eigenvalue weighted by atomic mass is 16.5. The first kappa shape index (κ1) is 15.8. The van der Waals surface area contributed by atoms with Crippen LogP contribution in [0.5, 0.6) is 5.75 Å². The minimum Gasteiger partial charge on any atom is -0.493 e. The Morgan fingerprint density at radius 3 is 3.00 bits per heavy atom. The number of hydrogen-bond acceptors (Lipinski definition) is 4. The number of ether oxygens (including phenoxy) is 1. The summed E-state index contributed by atoms with van der Waals surface area (Å²) in [5.74, 6) is 1.23. The Morgan fingerprint density at radius 2 is 2.33 bits per heavy atom. The molecule has 0 spiro atoms. The minimum atomic E-state index is -0.423. The highest BCUT2D eigenvalue weighted by Crippen LogP contribution is 2.14. The van der Waals surface area contributed by atoms with E-state index in [9.17, 15) is 9.90 Å². The lowest BCUT2D eigenvalue weighted by molar-refractivity contribution is -0.123. The summed E-state index contributed by atoms with van der Waals surface area (Å²) in [5.41, 5.74) is 1.00. The van der Waals surface area contributed by atoms with Gasteiger partial charge >= 0.3 is 0 Å². The van der Waals surface area contributed by atoms with Gasteiger partial charge in [0, 0.05) is 13.1 Å². The number of rotatable bonds is 6. The van der Waals surface area contributed by atoms with Gasteiger partial charge < -0.3 is 20.5 Å². The fraction of sp³-hybridized carbons (Fsp3) is 0.562. The van der Waals surface area contributed by atoms with Crippen molar-refractivity contribution in [3.8, 4) is 5.75 Å². The van der Waals surface area contributed by atoms with Crippen LogP contribution in [-0.2, 0) is 11.3 Å². The summed E-state index contributed by atoms with van der Waals surface area (Å²) >= 11 is 0. The number of benzene rings is 1. The van der Waals surface area contributed by atoms with Gasteiger partial charge in [-0.05, 0) is 30.0 Å². The van der Waals surface area contributed by atoms with Crippen LogP contribution in [0.15, 0.2) is 24.3 Å². The average molecular weight is 292 g/mol. The Hall–Kier alpha value is -1.59. The number of amides is 1. The van der Waals surface area contributed by atoms with Crippen LogP contribution in [0, 0.1) is 5.92 Å². The predicted molar refractivity (Wildman–Crippen MR) is 81.0 cm³/mol. The van der Waals surface area contributed by atoms with E-state index in [1.165, 1.54) is 0 Å². The summed E-state index contributed by atoms with van der Waals surface area (Å²) in [6.07, 6.45) is 0.0529. The van der Waals surface area contributed by atoms with Crippen molar-refractivity contribution in [3.63, 3.8) is 0 Å². The van der Waals surface area contributed by atoms with Gasteiger partial charge in [-0.1, -0.05) is 26.0 Å². The molecule has 1 aromatic carbocycles. The van der Waals surface area contributed by atoms with E-state index in [0.29, 0.717) is 32.0 Å². The Balaban J connectivity index is 1.82. The molecular weight excluding hydrogens is 268 g/mol. The molecular formula is C16H24N2O3. The van der Waals surface area contributed by atoms with E-state index in [2.05, 4.69) is 24.5 Å². The van der Waals surface area contributed by atoms with Gasteiger partial charge in [0.1, 0.15) is 5.75 Å². The van der Waals surface area contributed by atoms with Gasteiger partial charge in [-0.15, -0.1) is 0 Å². The van der Waals surface area contributed by atoms with Crippen LogP contribution in [0.25, 0.3) is 0 Å². The third-order valence-corrected chi connectivity index (χ3v) is 3.37. The molecule has 1 aliphatic rings. The minimum absolute atomic E-state index is 0.0694. The molecule has 2 unspecified atom stereocenters. The van der Waals surface area contributed by atoms with Crippen LogP contribution in [0.1, 0.15) is 25.8 Å². The van der Waals surface area contributed by atoms with E-state index in [-0.39, 0.29) is 11.9 Å². The van der Waals surface area contributed by atoms with Gasteiger partial charge in [-0.2, -0.15) is 0 Å². The van der Waals surface area contributed by atoms with Crippen LogP contribution in [0.3, 0.4) is 0 Å². The van der Waals surface area contributed by atoms with Crippen molar-refractivity contribution >= 4 is 5.91 Å². The molecule has 21 heavy (non-hydrogen) atoms. The van der Waals surface area contributed by atoms with Crippen LogP contribution < -0.4 is 15.4 Å². The summed E-state index contributed by atoms with van der Waals surface area (Å²) < 4.78 is 5.67. The van der Waals surface area contributed by atoms with E-state index in [0.717, 1.165) is 11.3 Å². The highest BCUT2D eigenvalue weighted by molar-refractivity contribution is 5.82. The predicted octanol–water partition coefficient (Wildman–Crippen LogP) is 1.06. The van der Waals surface area contributed by atoms with Gasteiger partial charge in [0.15, 0.2) is 0 Å². The molecule has 116 valence electrons. The van der Waals surface area contributed by atoms with Crippen LogP contribution >= 0.6 is 0 Å². The molecule has 1 aromatic rings. The van der Waals surface area contributed by atoms with Crippen molar-refractivity contribution < 1.29 is 14.6 Å². The molecule has 5 heteroatoms. The van der Waals surface area contributed by atoms with Crippen LogP contribution in [-0.4, -0.2) is 36.3 Å². The summed E-state index contributed by atoms with van der Waals surface area (Å²) in [6.45, 7) is 5.84. The Labute approximate surface area is 125 Å². The van der Waals surface area contributed by atoms with Crippen LogP contribution in [0.2, 0.25) is 0 Å². The fourth-order valence-corrected chi connectivity index (χ4v) is 2.24. The molecule has 1 heterocycles. The van der Waals surface area contributed by atoms with Gasteiger partial charge in [0.25, 0.3) is 0 Å². The van der Waals surface area contributed by atoms with Gasteiger partial charge in [0.2, 0.25) is 5.91 Å². The largest absolute Gasteiger partial charge is 0.493 e. The van der Waals surface area contributed by atoms with E-state index in [1.807, 2.05) is 24.3 Å². The summed E-state index contributed by atoms with van der Waals surface area (Å²) in [7, 11) is 0. The smallest absolute Gasteiger partial charge is 0.237 e. The lowest BCUT2D eigenvalue weighted by atomic mass is 10.1. The second-order valence-corrected chi connectivity index (χ2v) is 5.92. The van der Waals surface area contributed by atoms with Crippen molar-refractivity contribution in [2.75, 3.05) is 13.2 Å². The zero-order valence-corrected chi connectivity index (χ0v) is 12.6. The average Bonchev–Trinajstić information content (AvgIpc) is 2.90. The zero-order chi connectivity index (χ0) is 15.2. The molecule has 0 bridgehead atoms. The number of hydrogen-bond donors (Lipinski definition) is 3. The number of carbonyl (C=O) groups is 1. The molecule has 1 amide bonds. The number of aliphatic hydroxyl groups is 1. The lowest BCUT2D eigenvalue weighted by Gasteiger charge is -2.12. The van der Waals surface area contributed by atoms with E-state index < -0.39 is 6.10 Å². The highest BCUT2D eigenvalue weighted by Gasteiger charge is 2.27. The van der Waals surface area contributed by atoms with Crippen molar-refractivity contribution in [2.45, 2.75) is 39.0 Å². The topological polar surface area (TPSA) is 70.6 Å². The van der Waals surface area contributed by atoms with Crippen molar-refractivity contribution in [3.05, 3.63) is 29.8 Å². The molecule has 0 saturated carbocycles. The quantitative estimate of drug-likeness (QED) is 0.733. The van der Waals surface area contributed by atoms with Gasteiger partial charge in [-0.3, -0.25) is 4.79 Å². The number of aliphatic hydroxyl groups excluding tert-OH is 1. The van der Waals surface area contributed by atoms with Crippen molar-refractivity contribution in [1.82, 2.24) is 10.6 Å². The monoisotopic (exact) mass is 292 g/mol. The van der Waals surface area contributed by atoms with Crippen molar-refractivity contribution in [2.24, 2.45) is 5.92 Å². The van der Waals surface area contributed by atoms with E-state index >= 15 is 0 Å². The van der Waals surface area contributed by atoms with Crippen molar-refractivity contribution in [1.29, 1.82) is 0 Å². The summed E-state index contributed by atoms with van der Waals surface area (Å²) in [5, 5.41) is 15.3. The maximum atomic E-state index is 11.9. The molecule has 3 N–H and O–H groups in total. The maximum absolute atomic E-state index is 11.9. The fourth-order valence-electron chi connectivity index (χ4n) is 2.24. The third-order valence-electron chi connectivity index (χ3n) is 3.37. The Bertz CT molecular complexity index is 476. The summed E-state index contributed by atoms with van der Waals surface area (Å²) in [4.78, 5) is 11.9. The first-order chi connectivity index (χ1) is 10.0. The molecule has 1 saturated heterocycles. The van der Waals surface area contributed by atoms with Gasteiger partial charge in [0.05, 0.1) is 18.8 Å². The standard InChI is InChI=1S/C16H24N2O3/c1-11(2)10-21-14-5-3-4-12(6-14)8-18-16(20)15-7-13(19)9-17-15/h3-6,11,13,15,17,19H,7-10H2,1-2H3,(H,18,20). The zero-order valence-electron chi connectivity index (χ0n) is 12.6. The van der Waals surface area contributed by atoms with E-state index in [4.69, 9.17) is 4.74 Å². The molecule has 1 fully saturated rings. The number of β-amino-alcohol motifs (C(OH)–C–C–N with tert-alkyl or cyclic N) is 1.